The van der Waals surface area contributed by atoms with E-state index in [1.807, 2.05) is 38.1 Å². The SMILES string of the molecule is CC(C)C(CN)C(=O)N(C)Cc1ccccc1Cl. The average Bonchev–Trinajstić information content (AvgIpc) is 2.32. The van der Waals surface area contributed by atoms with E-state index in [9.17, 15) is 4.79 Å². The van der Waals surface area contributed by atoms with Crippen LogP contribution < -0.4 is 5.73 Å². The summed E-state index contributed by atoms with van der Waals surface area (Å²) >= 11 is 6.09. The largest absolute Gasteiger partial charge is 0.341 e. The van der Waals surface area contributed by atoms with Gasteiger partial charge in [0.1, 0.15) is 0 Å². The molecule has 1 aromatic carbocycles. The topological polar surface area (TPSA) is 46.3 Å². The predicted octanol–water partition coefficient (Wildman–Crippen LogP) is 2.53. The van der Waals surface area contributed by atoms with Gasteiger partial charge < -0.3 is 10.6 Å². The summed E-state index contributed by atoms with van der Waals surface area (Å²) in [6, 6.07) is 7.56. The van der Waals surface area contributed by atoms with Gasteiger partial charge in [-0.15, -0.1) is 0 Å². The highest BCUT2D eigenvalue weighted by molar-refractivity contribution is 6.31. The van der Waals surface area contributed by atoms with Gasteiger partial charge in [0.05, 0.1) is 5.92 Å². The molecule has 0 fully saturated rings. The van der Waals surface area contributed by atoms with E-state index in [4.69, 9.17) is 17.3 Å². The molecule has 18 heavy (non-hydrogen) atoms. The quantitative estimate of drug-likeness (QED) is 0.892. The third-order valence-corrected chi connectivity index (χ3v) is 3.49. The van der Waals surface area contributed by atoms with Crippen LogP contribution in [0.2, 0.25) is 5.02 Å². The van der Waals surface area contributed by atoms with Crippen molar-refractivity contribution in [1.82, 2.24) is 4.90 Å². The lowest BCUT2D eigenvalue weighted by Gasteiger charge is -2.25. The van der Waals surface area contributed by atoms with Crippen LogP contribution in [0.15, 0.2) is 24.3 Å². The lowest BCUT2D eigenvalue weighted by atomic mass is 9.94. The van der Waals surface area contributed by atoms with Gasteiger partial charge in [-0.2, -0.15) is 0 Å². The number of nitrogens with two attached hydrogens (primary N) is 1. The van der Waals surface area contributed by atoms with Gasteiger partial charge in [-0.05, 0) is 17.5 Å². The van der Waals surface area contributed by atoms with Crippen molar-refractivity contribution in [3.63, 3.8) is 0 Å². The van der Waals surface area contributed by atoms with Gasteiger partial charge >= 0.3 is 0 Å². The van der Waals surface area contributed by atoms with Crippen molar-refractivity contribution in [3.8, 4) is 0 Å². The molecule has 0 saturated carbocycles. The van der Waals surface area contributed by atoms with Gasteiger partial charge in [-0.3, -0.25) is 4.79 Å². The van der Waals surface area contributed by atoms with Crippen LogP contribution in [0.3, 0.4) is 0 Å². The van der Waals surface area contributed by atoms with E-state index in [2.05, 4.69) is 0 Å². The van der Waals surface area contributed by atoms with E-state index in [1.54, 1.807) is 11.9 Å². The summed E-state index contributed by atoms with van der Waals surface area (Å²) in [7, 11) is 1.79. The number of benzene rings is 1. The molecule has 0 saturated heterocycles. The van der Waals surface area contributed by atoms with Crippen LogP contribution >= 0.6 is 11.6 Å². The van der Waals surface area contributed by atoms with Crippen molar-refractivity contribution >= 4 is 17.5 Å². The minimum Gasteiger partial charge on any atom is -0.341 e. The molecule has 4 heteroatoms. The Labute approximate surface area is 114 Å². The van der Waals surface area contributed by atoms with E-state index in [0.717, 1.165) is 5.56 Å². The normalized spacial score (nSPS) is 12.6. The standard InChI is InChI=1S/C14H21ClN2O/c1-10(2)12(8-16)14(18)17(3)9-11-6-4-5-7-13(11)15/h4-7,10,12H,8-9,16H2,1-3H3. The second-order valence-electron chi connectivity index (χ2n) is 4.87. The maximum absolute atomic E-state index is 12.2. The molecular weight excluding hydrogens is 248 g/mol. The highest BCUT2D eigenvalue weighted by Gasteiger charge is 2.23. The Hall–Kier alpha value is -1.06. The van der Waals surface area contributed by atoms with Crippen LogP contribution in [-0.4, -0.2) is 24.4 Å². The zero-order chi connectivity index (χ0) is 13.7. The average molecular weight is 269 g/mol. The molecule has 1 rings (SSSR count). The van der Waals surface area contributed by atoms with E-state index in [1.165, 1.54) is 0 Å². The minimum atomic E-state index is -0.127. The van der Waals surface area contributed by atoms with Crippen molar-refractivity contribution in [2.75, 3.05) is 13.6 Å². The monoisotopic (exact) mass is 268 g/mol. The molecule has 0 aromatic heterocycles. The van der Waals surface area contributed by atoms with Crippen LogP contribution in [0.4, 0.5) is 0 Å². The smallest absolute Gasteiger partial charge is 0.227 e. The summed E-state index contributed by atoms with van der Waals surface area (Å²) in [5, 5.41) is 0.686. The first-order chi connectivity index (χ1) is 8.47. The summed E-state index contributed by atoms with van der Waals surface area (Å²) in [6.07, 6.45) is 0. The Bertz CT molecular complexity index is 407. The second-order valence-corrected chi connectivity index (χ2v) is 5.28. The fraction of sp³-hybridized carbons (Fsp3) is 0.500. The van der Waals surface area contributed by atoms with Gasteiger partial charge in [0, 0.05) is 25.2 Å². The Morgan fingerprint density at radius 2 is 2.00 bits per heavy atom. The summed E-state index contributed by atoms with van der Waals surface area (Å²) in [6.45, 7) is 4.92. The summed E-state index contributed by atoms with van der Waals surface area (Å²) in [4.78, 5) is 13.9. The maximum atomic E-state index is 12.2. The maximum Gasteiger partial charge on any atom is 0.227 e. The molecule has 0 aliphatic heterocycles. The molecule has 2 N–H and O–H groups in total. The van der Waals surface area contributed by atoms with E-state index in [-0.39, 0.29) is 17.7 Å². The van der Waals surface area contributed by atoms with Crippen LogP contribution in [-0.2, 0) is 11.3 Å². The molecule has 0 spiro atoms. The number of carbonyl (C=O) groups is 1. The van der Waals surface area contributed by atoms with E-state index < -0.39 is 0 Å². The molecule has 1 aromatic rings. The number of carbonyl (C=O) groups excluding carboxylic acids is 1. The first-order valence-electron chi connectivity index (χ1n) is 6.15. The van der Waals surface area contributed by atoms with Crippen LogP contribution in [0.5, 0.6) is 0 Å². The highest BCUT2D eigenvalue weighted by atomic mass is 35.5. The van der Waals surface area contributed by atoms with Crippen molar-refractivity contribution < 1.29 is 4.79 Å². The van der Waals surface area contributed by atoms with Crippen LogP contribution in [0.1, 0.15) is 19.4 Å². The zero-order valence-electron chi connectivity index (χ0n) is 11.2. The number of halogens is 1. The molecule has 0 bridgehead atoms. The van der Waals surface area contributed by atoms with Gasteiger partial charge in [0.15, 0.2) is 0 Å². The Morgan fingerprint density at radius 1 is 1.39 bits per heavy atom. The number of amides is 1. The lowest BCUT2D eigenvalue weighted by Crippen LogP contribution is -2.38. The molecule has 0 aliphatic carbocycles. The first kappa shape index (κ1) is 15.0. The fourth-order valence-electron chi connectivity index (χ4n) is 1.90. The van der Waals surface area contributed by atoms with E-state index in [0.29, 0.717) is 18.1 Å². The summed E-state index contributed by atoms with van der Waals surface area (Å²) in [5.41, 5.74) is 6.62. The van der Waals surface area contributed by atoms with Gasteiger partial charge in [-0.25, -0.2) is 0 Å². The number of hydrogen-bond donors (Lipinski definition) is 1. The molecule has 0 radical (unpaired) electrons. The second kappa shape index (κ2) is 6.76. The van der Waals surface area contributed by atoms with Crippen LogP contribution in [0.25, 0.3) is 0 Å². The molecule has 3 nitrogen and oxygen atoms in total. The van der Waals surface area contributed by atoms with Gasteiger partial charge in [0.2, 0.25) is 5.91 Å². The molecule has 0 aliphatic rings. The Kier molecular flexibility index (Phi) is 5.63. The Balaban J connectivity index is 2.74. The first-order valence-corrected chi connectivity index (χ1v) is 6.53. The zero-order valence-corrected chi connectivity index (χ0v) is 11.9. The van der Waals surface area contributed by atoms with Crippen molar-refractivity contribution in [1.29, 1.82) is 0 Å². The number of hydrogen-bond acceptors (Lipinski definition) is 2. The molecule has 1 atom stereocenters. The summed E-state index contributed by atoms with van der Waals surface area (Å²) in [5.74, 6) is 0.195. The third-order valence-electron chi connectivity index (χ3n) is 3.12. The number of rotatable bonds is 5. The number of nitrogens with zero attached hydrogens (tertiary/aromatic N) is 1. The van der Waals surface area contributed by atoms with Crippen molar-refractivity contribution in [2.24, 2.45) is 17.6 Å². The fourth-order valence-corrected chi connectivity index (χ4v) is 2.10. The molecule has 0 heterocycles. The summed E-state index contributed by atoms with van der Waals surface area (Å²) < 4.78 is 0. The van der Waals surface area contributed by atoms with Crippen LogP contribution in [0, 0.1) is 11.8 Å². The van der Waals surface area contributed by atoms with E-state index >= 15 is 0 Å². The Morgan fingerprint density at radius 3 is 2.50 bits per heavy atom. The molecule has 1 amide bonds. The lowest BCUT2D eigenvalue weighted by molar-refractivity contribution is -0.135. The molecule has 1 unspecified atom stereocenters. The van der Waals surface area contributed by atoms with Gasteiger partial charge in [-0.1, -0.05) is 43.6 Å². The van der Waals surface area contributed by atoms with Crippen molar-refractivity contribution in [2.45, 2.75) is 20.4 Å². The third kappa shape index (κ3) is 3.72. The molecule has 100 valence electrons. The minimum absolute atomic E-state index is 0.0763. The predicted molar refractivity (Wildman–Crippen MR) is 75.3 cm³/mol. The molecular formula is C14H21ClN2O. The highest BCUT2D eigenvalue weighted by Crippen LogP contribution is 2.19. The van der Waals surface area contributed by atoms with Crippen molar-refractivity contribution in [3.05, 3.63) is 34.9 Å². The van der Waals surface area contributed by atoms with Gasteiger partial charge in [0.25, 0.3) is 0 Å².